The second-order valence-electron chi connectivity index (χ2n) is 5.30. The number of aliphatic carboxylic acids is 1. The van der Waals surface area contributed by atoms with Gasteiger partial charge in [0.05, 0.1) is 17.4 Å². The van der Waals surface area contributed by atoms with Crippen LogP contribution in [0.25, 0.3) is 11.0 Å². The molecule has 6 nitrogen and oxygen atoms in total. The quantitative estimate of drug-likeness (QED) is 0.928. The molecule has 6 heteroatoms. The smallest absolute Gasteiger partial charge is 0.326 e. The van der Waals surface area contributed by atoms with E-state index in [0.717, 1.165) is 23.9 Å². The Labute approximate surface area is 122 Å². The van der Waals surface area contributed by atoms with Crippen molar-refractivity contribution >= 4 is 22.9 Å². The Kier molecular flexibility index (Phi) is 3.60. The van der Waals surface area contributed by atoms with Gasteiger partial charge in [0, 0.05) is 6.54 Å². The van der Waals surface area contributed by atoms with Crippen molar-refractivity contribution < 1.29 is 14.7 Å². The number of carbonyl (C=O) groups excluding carboxylic acids is 1. The molecule has 1 N–H and O–H groups in total. The molecule has 1 aromatic carbocycles. The number of aromatic nitrogens is 2. The van der Waals surface area contributed by atoms with Crippen LogP contribution in [0.4, 0.5) is 0 Å². The molecule has 2 heterocycles. The van der Waals surface area contributed by atoms with Gasteiger partial charge in [-0.1, -0.05) is 12.1 Å². The summed E-state index contributed by atoms with van der Waals surface area (Å²) in [7, 11) is 0. The Morgan fingerprint density at radius 1 is 1.29 bits per heavy atom. The summed E-state index contributed by atoms with van der Waals surface area (Å²) in [6.45, 7) is 0.646. The summed E-state index contributed by atoms with van der Waals surface area (Å²) in [4.78, 5) is 29.4. The van der Waals surface area contributed by atoms with Crippen LogP contribution in [0.3, 0.4) is 0 Å². The first-order valence-electron chi connectivity index (χ1n) is 7.09. The van der Waals surface area contributed by atoms with E-state index in [4.69, 9.17) is 0 Å². The van der Waals surface area contributed by atoms with E-state index in [0.29, 0.717) is 13.0 Å². The summed E-state index contributed by atoms with van der Waals surface area (Å²) in [6.07, 6.45) is 3.88. The third kappa shape index (κ3) is 2.61. The van der Waals surface area contributed by atoms with E-state index < -0.39 is 12.0 Å². The fourth-order valence-electron chi connectivity index (χ4n) is 2.86. The average molecular weight is 287 g/mol. The molecule has 0 aliphatic carbocycles. The summed E-state index contributed by atoms with van der Waals surface area (Å²) in [5, 5.41) is 9.24. The zero-order valence-electron chi connectivity index (χ0n) is 11.6. The number of likely N-dealkylation sites (tertiary alicyclic amines) is 1. The number of fused-ring (bicyclic) bond motifs is 1. The van der Waals surface area contributed by atoms with E-state index >= 15 is 0 Å². The molecule has 0 saturated carbocycles. The Bertz CT molecular complexity index is 680. The molecule has 0 spiro atoms. The van der Waals surface area contributed by atoms with Crippen molar-refractivity contribution in [2.75, 3.05) is 6.54 Å². The van der Waals surface area contributed by atoms with E-state index in [1.165, 1.54) is 4.90 Å². The van der Waals surface area contributed by atoms with Crippen LogP contribution >= 0.6 is 0 Å². The molecule has 21 heavy (non-hydrogen) atoms. The lowest BCUT2D eigenvalue weighted by Gasteiger charge is -2.33. The number of hydrogen-bond acceptors (Lipinski definition) is 3. The van der Waals surface area contributed by atoms with Crippen molar-refractivity contribution in [3.63, 3.8) is 0 Å². The molecular formula is C15H17N3O3. The highest BCUT2D eigenvalue weighted by atomic mass is 16.4. The number of benzene rings is 1. The lowest BCUT2D eigenvalue weighted by molar-refractivity contribution is -0.152. The van der Waals surface area contributed by atoms with Crippen LogP contribution in [-0.4, -0.2) is 44.0 Å². The number of imidazole rings is 1. The highest BCUT2D eigenvalue weighted by Crippen LogP contribution is 2.19. The number of para-hydroxylation sites is 2. The van der Waals surface area contributed by atoms with Crippen LogP contribution < -0.4 is 0 Å². The van der Waals surface area contributed by atoms with Crippen molar-refractivity contribution in [1.29, 1.82) is 0 Å². The third-order valence-corrected chi connectivity index (χ3v) is 3.94. The summed E-state index contributed by atoms with van der Waals surface area (Å²) in [5.41, 5.74) is 1.72. The summed E-state index contributed by atoms with van der Waals surface area (Å²) < 4.78 is 1.77. The van der Waals surface area contributed by atoms with Gasteiger partial charge in [0.1, 0.15) is 12.6 Å². The number of nitrogens with zero attached hydrogens (tertiary/aromatic N) is 3. The van der Waals surface area contributed by atoms with Gasteiger partial charge in [-0.25, -0.2) is 9.78 Å². The van der Waals surface area contributed by atoms with Crippen LogP contribution in [0.5, 0.6) is 0 Å². The van der Waals surface area contributed by atoms with Crippen molar-refractivity contribution in [1.82, 2.24) is 14.5 Å². The molecule has 110 valence electrons. The maximum Gasteiger partial charge on any atom is 0.326 e. The van der Waals surface area contributed by atoms with Gasteiger partial charge in [-0.3, -0.25) is 4.79 Å². The molecule has 3 rings (SSSR count). The van der Waals surface area contributed by atoms with Crippen molar-refractivity contribution in [2.24, 2.45) is 0 Å². The Morgan fingerprint density at radius 3 is 2.90 bits per heavy atom. The first-order valence-corrected chi connectivity index (χ1v) is 7.09. The zero-order chi connectivity index (χ0) is 14.8. The second kappa shape index (κ2) is 5.55. The Morgan fingerprint density at radius 2 is 2.10 bits per heavy atom. The van der Waals surface area contributed by atoms with E-state index in [9.17, 15) is 14.7 Å². The molecule has 1 aliphatic heterocycles. The molecular weight excluding hydrogens is 270 g/mol. The van der Waals surface area contributed by atoms with Crippen LogP contribution in [0.15, 0.2) is 30.6 Å². The maximum absolute atomic E-state index is 12.4. The number of hydrogen-bond donors (Lipinski definition) is 1. The number of carbonyl (C=O) groups is 2. The largest absolute Gasteiger partial charge is 0.480 e. The first kappa shape index (κ1) is 13.6. The minimum atomic E-state index is -0.918. The lowest BCUT2D eigenvalue weighted by atomic mass is 10.0. The van der Waals surface area contributed by atoms with Gasteiger partial charge in [-0.2, -0.15) is 0 Å². The number of rotatable bonds is 3. The normalized spacial score (nSPS) is 18.9. The molecule has 1 aliphatic rings. The highest BCUT2D eigenvalue weighted by molar-refractivity contribution is 5.85. The van der Waals surface area contributed by atoms with Crippen LogP contribution in [-0.2, 0) is 16.1 Å². The van der Waals surface area contributed by atoms with Crippen LogP contribution in [0.2, 0.25) is 0 Å². The van der Waals surface area contributed by atoms with Gasteiger partial charge < -0.3 is 14.6 Å². The number of amides is 1. The predicted octanol–water partition coefficient (Wildman–Crippen LogP) is 1.50. The van der Waals surface area contributed by atoms with Crippen LogP contribution in [0, 0.1) is 0 Å². The first-order chi connectivity index (χ1) is 10.2. The minimum Gasteiger partial charge on any atom is -0.480 e. The average Bonchev–Trinajstić information content (AvgIpc) is 2.90. The van der Waals surface area contributed by atoms with Gasteiger partial charge >= 0.3 is 5.97 Å². The number of piperidine rings is 1. The Balaban J connectivity index is 1.80. The fourth-order valence-corrected chi connectivity index (χ4v) is 2.86. The maximum atomic E-state index is 12.4. The molecule has 1 atom stereocenters. The molecule has 0 bridgehead atoms. The van der Waals surface area contributed by atoms with Crippen LogP contribution in [0.1, 0.15) is 19.3 Å². The Hall–Kier alpha value is -2.37. The molecule has 0 radical (unpaired) electrons. The summed E-state index contributed by atoms with van der Waals surface area (Å²) in [5.74, 6) is -1.08. The fraction of sp³-hybridized carbons (Fsp3) is 0.400. The molecule has 1 aromatic heterocycles. The molecule has 1 saturated heterocycles. The van der Waals surface area contributed by atoms with Gasteiger partial charge in [-0.15, -0.1) is 0 Å². The van der Waals surface area contributed by atoms with Gasteiger partial charge in [0.2, 0.25) is 5.91 Å². The van der Waals surface area contributed by atoms with Gasteiger partial charge in [0.25, 0.3) is 0 Å². The molecule has 1 fully saturated rings. The van der Waals surface area contributed by atoms with Gasteiger partial charge in [0.15, 0.2) is 0 Å². The summed E-state index contributed by atoms with van der Waals surface area (Å²) >= 11 is 0. The number of carboxylic acid groups (broad SMARTS) is 1. The lowest BCUT2D eigenvalue weighted by Crippen LogP contribution is -2.49. The minimum absolute atomic E-state index is 0.129. The molecule has 0 unspecified atom stereocenters. The van der Waals surface area contributed by atoms with E-state index in [1.54, 1.807) is 10.9 Å². The third-order valence-electron chi connectivity index (χ3n) is 3.94. The van der Waals surface area contributed by atoms with E-state index in [1.807, 2.05) is 24.3 Å². The van der Waals surface area contributed by atoms with Crippen molar-refractivity contribution in [3.8, 4) is 0 Å². The van der Waals surface area contributed by atoms with Gasteiger partial charge in [-0.05, 0) is 31.4 Å². The zero-order valence-corrected chi connectivity index (χ0v) is 11.6. The standard InChI is InChI=1S/C15H17N3O3/c19-14(18-8-4-3-7-13(18)15(20)21)9-17-10-16-11-5-1-2-6-12(11)17/h1-2,5-6,10,13H,3-4,7-9H2,(H,20,21)/t13-/m1/s1. The van der Waals surface area contributed by atoms with Crippen molar-refractivity contribution in [2.45, 2.75) is 31.8 Å². The monoisotopic (exact) mass is 287 g/mol. The summed E-state index contributed by atoms with van der Waals surface area (Å²) in [6, 6.07) is 6.89. The van der Waals surface area contributed by atoms with E-state index in [-0.39, 0.29) is 12.5 Å². The number of carboxylic acids is 1. The SMILES string of the molecule is O=C(O)[C@H]1CCCCN1C(=O)Cn1cnc2ccccc21. The van der Waals surface area contributed by atoms with Crippen molar-refractivity contribution in [3.05, 3.63) is 30.6 Å². The second-order valence-corrected chi connectivity index (χ2v) is 5.30. The highest BCUT2D eigenvalue weighted by Gasteiger charge is 2.31. The topological polar surface area (TPSA) is 75.4 Å². The molecule has 1 amide bonds. The molecule has 2 aromatic rings. The van der Waals surface area contributed by atoms with E-state index in [2.05, 4.69) is 4.98 Å². The predicted molar refractivity (Wildman–Crippen MR) is 76.7 cm³/mol.